The molecule has 0 aromatic heterocycles. The summed E-state index contributed by atoms with van der Waals surface area (Å²) in [7, 11) is 0. The second-order valence-corrected chi connectivity index (χ2v) is 8.85. The molecule has 1 aromatic carbocycles. The smallest absolute Gasteiger partial charge is 0.312 e. The Labute approximate surface area is 168 Å². The number of hydrogen-bond donors (Lipinski definition) is 0. The summed E-state index contributed by atoms with van der Waals surface area (Å²) in [5.41, 5.74) is 1.72. The van der Waals surface area contributed by atoms with E-state index in [0.717, 1.165) is 64.0 Å². The zero-order valence-corrected chi connectivity index (χ0v) is 17.1. The Balaban J connectivity index is 1.26. The van der Waals surface area contributed by atoms with Gasteiger partial charge in [-0.2, -0.15) is 5.26 Å². The predicted molar refractivity (Wildman–Crippen MR) is 109 cm³/mol. The molecule has 5 nitrogen and oxygen atoms in total. The van der Waals surface area contributed by atoms with E-state index in [2.05, 4.69) is 41.8 Å². The zero-order chi connectivity index (χ0) is 19.7. The number of anilines is 1. The third-order valence-electron chi connectivity index (χ3n) is 7.37. The maximum Gasteiger partial charge on any atom is 0.312 e. The van der Waals surface area contributed by atoms with Crippen molar-refractivity contribution >= 4 is 11.7 Å². The summed E-state index contributed by atoms with van der Waals surface area (Å²) in [5.74, 6) is 1.46. The van der Waals surface area contributed by atoms with Crippen LogP contribution in [0.25, 0.3) is 0 Å². The van der Waals surface area contributed by atoms with Crippen molar-refractivity contribution in [1.29, 1.82) is 5.26 Å². The molecule has 3 aliphatic heterocycles. The number of carbonyl (C=O) groups excluding carboxylic acids is 1. The third kappa shape index (κ3) is 3.51. The summed E-state index contributed by atoms with van der Waals surface area (Å²) in [6.45, 7) is 9.73. The lowest BCUT2D eigenvalue weighted by Crippen LogP contribution is -2.30. The first-order valence-electron chi connectivity index (χ1n) is 10.8. The van der Waals surface area contributed by atoms with E-state index in [1.165, 1.54) is 5.69 Å². The van der Waals surface area contributed by atoms with Crippen LogP contribution in [-0.2, 0) is 9.53 Å². The monoisotopic (exact) mass is 381 g/mol. The van der Waals surface area contributed by atoms with Gasteiger partial charge in [-0.15, -0.1) is 0 Å². The van der Waals surface area contributed by atoms with E-state index in [4.69, 9.17) is 10.00 Å². The number of likely N-dealkylation sites (tertiary alicyclic amines) is 1. The van der Waals surface area contributed by atoms with Crippen molar-refractivity contribution in [1.82, 2.24) is 4.90 Å². The normalized spacial score (nSPS) is 29.0. The SMILES string of the molecule is CCC1(CC)CC(CCN2CC3CN(c4ccc(C#N)cc4)C[C@H]3C2)OC1=O. The minimum Gasteiger partial charge on any atom is -0.462 e. The van der Waals surface area contributed by atoms with Gasteiger partial charge in [-0.05, 0) is 55.4 Å². The number of ether oxygens (including phenoxy) is 1. The van der Waals surface area contributed by atoms with Crippen LogP contribution in [0.15, 0.2) is 24.3 Å². The van der Waals surface area contributed by atoms with Crippen LogP contribution in [-0.4, -0.2) is 49.7 Å². The van der Waals surface area contributed by atoms with Crippen molar-refractivity contribution in [3.8, 4) is 6.07 Å². The van der Waals surface area contributed by atoms with Crippen LogP contribution in [0.2, 0.25) is 0 Å². The van der Waals surface area contributed by atoms with E-state index >= 15 is 0 Å². The molecule has 3 atom stereocenters. The molecule has 28 heavy (non-hydrogen) atoms. The molecule has 0 saturated carbocycles. The Morgan fingerprint density at radius 1 is 1.11 bits per heavy atom. The molecule has 0 N–H and O–H groups in total. The molecule has 5 heteroatoms. The lowest BCUT2D eigenvalue weighted by molar-refractivity contribution is -0.149. The maximum atomic E-state index is 12.3. The largest absolute Gasteiger partial charge is 0.462 e. The van der Waals surface area contributed by atoms with Gasteiger partial charge in [0, 0.05) is 44.8 Å². The maximum absolute atomic E-state index is 12.3. The molecule has 0 spiro atoms. The summed E-state index contributed by atoms with van der Waals surface area (Å²) in [5, 5.41) is 8.96. The highest BCUT2D eigenvalue weighted by Crippen LogP contribution is 2.41. The lowest BCUT2D eigenvalue weighted by Gasteiger charge is -2.24. The lowest BCUT2D eigenvalue weighted by atomic mass is 9.79. The van der Waals surface area contributed by atoms with E-state index in [9.17, 15) is 4.79 Å². The minimum atomic E-state index is -0.228. The van der Waals surface area contributed by atoms with Gasteiger partial charge in [0.05, 0.1) is 17.0 Å². The summed E-state index contributed by atoms with van der Waals surface area (Å²) in [6, 6.07) is 10.1. The molecule has 0 radical (unpaired) electrons. The topological polar surface area (TPSA) is 56.6 Å². The Bertz CT molecular complexity index is 736. The van der Waals surface area contributed by atoms with E-state index in [0.29, 0.717) is 11.8 Å². The number of nitriles is 1. The molecule has 3 aliphatic rings. The van der Waals surface area contributed by atoms with E-state index < -0.39 is 0 Å². The van der Waals surface area contributed by atoms with Crippen molar-refractivity contribution in [2.45, 2.75) is 45.6 Å². The Kier molecular flexibility index (Phi) is 5.33. The standard InChI is InChI=1S/C23H31N3O2/c1-3-23(4-2)11-21(28-22(23)27)9-10-25-13-18-15-26(16-19(18)14-25)20-7-5-17(12-24)6-8-20/h5-8,18-19,21H,3-4,9-11,13-16H2,1-2H3/t18-,19?,21?/m1/s1. The van der Waals surface area contributed by atoms with Gasteiger partial charge in [-0.1, -0.05) is 13.8 Å². The Hall–Kier alpha value is -2.06. The predicted octanol–water partition coefficient (Wildman–Crippen LogP) is 3.44. The average molecular weight is 382 g/mol. The second kappa shape index (κ2) is 7.75. The molecule has 4 rings (SSSR count). The second-order valence-electron chi connectivity index (χ2n) is 8.85. The molecule has 3 saturated heterocycles. The molecule has 0 aliphatic carbocycles. The van der Waals surface area contributed by atoms with Gasteiger partial charge in [0.2, 0.25) is 0 Å². The van der Waals surface area contributed by atoms with Crippen LogP contribution >= 0.6 is 0 Å². The number of rotatable bonds is 6. The molecule has 3 fully saturated rings. The van der Waals surface area contributed by atoms with Crippen LogP contribution in [0, 0.1) is 28.6 Å². The highest BCUT2D eigenvalue weighted by Gasteiger charge is 2.46. The molecule has 0 amide bonds. The van der Waals surface area contributed by atoms with Crippen molar-refractivity contribution in [3.05, 3.63) is 29.8 Å². The van der Waals surface area contributed by atoms with Gasteiger partial charge in [-0.25, -0.2) is 0 Å². The number of esters is 1. The van der Waals surface area contributed by atoms with Gasteiger partial charge < -0.3 is 14.5 Å². The fourth-order valence-electron chi connectivity index (χ4n) is 5.38. The summed E-state index contributed by atoms with van der Waals surface area (Å²) in [4.78, 5) is 17.3. The van der Waals surface area contributed by atoms with Crippen molar-refractivity contribution in [2.75, 3.05) is 37.6 Å². The number of benzene rings is 1. The number of nitrogens with zero attached hydrogens (tertiary/aromatic N) is 3. The van der Waals surface area contributed by atoms with Crippen LogP contribution in [0.5, 0.6) is 0 Å². The summed E-state index contributed by atoms with van der Waals surface area (Å²) >= 11 is 0. The molecule has 150 valence electrons. The van der Waals surface area contributed by atoms with Crippen LogP contribution in [0.4, 0.5) is 5.69 Å². The Morgan fingerprint density at radius 3 is 2.29 bits per heavy atom. The summed E-state index contributed by atoms with van der Waals surface area (Å²) in [6.07, 6.45) is 3.73. The first kappa shape index (κ1) is 19.3. The zero-order valence-electron chi connectivity index (χ0n) is 17.1. The van der Waals surface area contributed by atoms with Gasteiger partial charge in [0.15, 0.2) is 0 Å². The fourth-order valence-corrected chi connectivity index (χ4v) is 5.38. The highest BCUT2D eigenvalue weighted by molar-refractivity contribution is 5.78. The van der Waals surface area contributed by atoms with Crippen LogP contribution < -0.4 is 4.90 Å². The quantitative estimate of drug-likeness (QED) is 0.707. The fraction of sp³-hybridized carbons (Fsp3) is 0.652. The van der Waals surface area contributed by atoms with E-state index in [1.54, 1.807) is 0 Å². The van der Waals surface area contributed by atoms with Crippen molar-refractivity contribution in [3.63, 3.8) is 0 Å². The first-order valence-corrected chi connectivity index (χ1v) is 10.8. The molecule has 0 bridgehead atoms. The van der Waals surface area contributed by atoms with Gasteiger partial charge in [0.1, 0.15) is 6.10 Å². The van der Waals surface area contributed by atoms with Gasteiger partial charge in [0.25, 0.3) is 0 Å². The average Bonchev–Trinajstić information content (AvgIpc) is 3.37. The number of carbonyl (C=O) groups is 1. The van der Waals surface area contributed by atoms with Gasteiger partial charge >= 0.3 is 5.97 Å². The van der Waals surface area contributed by atoms with Gasteiger partial charge in [-0.3, -0.25) is 4.79 Å². The molecule has 1 aromatic rings. The van der Waals surface area contributed by atoms with Crippen LogP contribution in [0.1, 0.15) is 45.1 Å². The molecular weight excluding hydrogens is 350 g/mol. The molecule has 3 heterocycles. The number of hydrogen-bond acceptors (Lipinski definition) is 5. The summed E-state index contributed by atoms with van der Waals surface area (Å²) < 4.78 is 5.71. The van der Waals surface area contributed by atoms with E-state index in [1.807, 2.05) is 12.1 Å². The highest BCUT2D eigenvalue weighted by atomic mass is 16.6. The number of fused-ring (bicyclic) bond motifs is 1. The molecular formula is C23H31N3O2. The molecule has 2 unspecified atom stereocenters. The van der Waals surface area contributed by atoms with Crippen LogP contribution in [0.3, 0.4) is 0 Å². The number of cyclic esters (lactones) is 1. The van der Waals surface area contributed by atoms with E-state index in [-0.39, 0.29) is 17.5 Å². The minimum absolute atomic E-state index is 0.0267. The third-order valence-corrected chi connectivity index (χ3v) is 7.37. The first-order chi connectivity index (χ1) is 13.6. The van der Waals surface area contributed by atoms with Crippen molar-refractivity contribution < 1.29 is 9.53 Å². The Morgan fingerprint density at radius 2 is 1.75 bits per heavy atom. The van der Waals surface area contributed by atoms with Crippen molar-refractivity contribution in [2.24, 2.45) is 17.3 Å².